The maximum atomic E-state index is 12.9. The summed E-state index contributed by atoms with van der Waals surface area (Å²) in [5.74, 6) is 0.284. The Morgan fingerprint density at radius 3 is 2.33 bits per heavy atom. The minimum atomic E-state index is -4.14. The molecule has 1 aromatic heterocycles. The van der Waals surface area contributed by atoms with Gasteiger partial charge in [-0.1, -0.05) is 52.7 Å². The average molecular weight is 521 g/mol. The van der Waals surface area contributed by atoms with Gasteiger partial charge in [-0.3, -0.25) is 14.8 Å². The highest BCUT2D eigenvalue weighted by molar-refractivity contribution is 7.94. The summed E-state index contributed by atoms with van der Waals surface area (Å²) in [5, 5.41) is 10.8. The van der Waals surface area contributed by atoms with Crippen LogP contribution in [0.1, 0.15) is 10.4 Å². The number of ether oxygens (including phenoxy) is 1. The molecule has 168 valence electrons. The molecule has 4 aromatic rings. The molecule has 0 spiro atoms. The van der Waals surface area contributed by atoms with Gasteiger partial charge in [-0.15, -0.1) is 10.2 Å². The molecule has 0 bridgehead atoms. The van der Waals surface area contributed by atoms with E-state index in [-0.39, 0.29) is 20.9 Å². The van der Waals surface area contributed by atoms with E-state index in [1.165, 1.54) is 18.2 Å². The summed E-state index contributed by atoms with van der Waals surface area (Å²) < 4.78 is 33.6. The predicted octanol–water partition coefficient (Wildman–Crippen LogP) is 5.69. The number of halogens is 2. The summed E-state index contributed by atoms with van der Waals surface area (Å²) in [7, 11) is -4.14. The van der Waals surface area contributed by atoms with Crippen LogP contribution in [0.4, 0.5) is 10.8 Å². The van der Waals surface area contributed by atoms with E-state index in [9.17, 15) is 13.2 Å². The first-order valence-corrected chi connectivity index (χ1v) is 12.3. The first-order chi connectivity index (χ1) is 15.8. The van der Waals surface area contributed by atoms with Crippen LogP contribution in [0.3, 0.4) is 0 Å². The van der Waals surface area contributed by atoms with Crippen LogP contribution in [-0.2, 0) is 10.0 Å². The third-order valence-electron chi connectivity index (χ3n) is 4.12. The Balaban J connectivity index is 1.53. The van der Waals surface area contributed by atoms with Crippen molar-refractivity contribution in [2.24, 2.45) is 0 Å². The first kappa shape index (κ1) is 23.0. The summed E-state index contributed by atoms with van der Waals surface area (Å²) in [6, 6.07) is 19.6. The van der Waals surface area contributed by atoms with Crippen molar-refractivity contribution in [1.29, 1.82) is 0 Å². The summed E-state index contributed by atoms with van der Waals surface area (Å²) in [6.07, 6.45) is 0. The highest BCUT2D eigenvalue weighted by atomic mass is 35.5. The van der Waals surface area contributed by atoms with Crippen molar-refractivity contribution in [3.8, 4) is 11.5 Å². The molecular formula is C21H14Cl2N4O4S2. The highest BCUT2D eigenvalue weighted by Gasteiger charge is 2.23. The number of hydrogen-bond donors (Lipinski definition) is 2. The zero-order valence-corrected chi connectivity index (χ0v) is 19.7. The van der Waals surface area contributed by atoms with Crippen LogP contribution in [0.25, 0.3) is 0 Å². The van der Waals surface area contributed by atoms with Crippen LogP contribution in [0.5, 0.6) is 11.5 Å². The molecule has 12 heteroatoms. The number of nitrogens with zero attached hydrogens (tertiary/aromatic N) is 2. The normalized spacial score (nSPS) is 11.1. The van der Waals surface area contributed by atoms with E-state index in [4.69, 9.17) is 27.9 Å². The number of hydrogen-bond acceptors (Lipinski definition) is 7. The van der Waals surface area contributed by atoms with Crippen molar-refractivity contribution in [2.75, 3.05) is 10.0 Å². The largest absolute Gasteiger partial charge is 0.455 e. The lowest BCUT2D eigenvalue weighted by atomic mass is 10.2. The van der Waals surface area contributed by atoms with Crippen LogP contribution in [-0.4, -0.2) is 24.5 Å². The van der Waals surface area contributed by atoms with E-state index in [0.29, 0.717) is 32.7 Å². The van der Waals surface area contributed by atoms with Crippen LogP contribution in [0.15, 0.2) is 77.1 Å². The molecule has 0 saturated heterocycles. The van der Waals surface area contributed by atoms with Crippen LogP contribution < -0.4 is 14.8 Å². The summed E-state index contributed by atoms with van der Waals surface area (Å²) >= 11 is 12.6. The number of rotatable bonds is 7. The zero-order chi connectivity index (χ0) is 23.4. The fourth-order valence-electron chi connectivity index (χ4n) is 2.61. The second kappa shape index (κ2) is 9.75. The number of amides is 1. The van der Waals surface area contributed by atoms with Gasteiger partial charge in [0.25, 0.3) is 20.3 Å². The Kier molecular flexibility index (Phi) is 6.80. The fourth-order valence-corrected chi connectivity index (χ4v) is 4.87. The number of aromatic nitrogens is 2. The Morgan fingerprint density at radius 1 is 0.909 bits per heavy atom. The molecule has 0 aliphatic heterocycles. The third kappa shape index (κ3) is 5.79. The van der Waals surface area contributed by atoms with Crippen LogP contribution in [0, 0.1) is 0 Å². The van der Waals surface area contributed by atoms with Gasteiger partial charge in [-0.05, 0) is 54.6 Å². The number of anilines is 2. The Morgan fingerprint density at radius 2 is 1.61 bits per heavy atom. The molecule has 0 unspecified atom stereocenters. The van der Waals surface area contributed by atoms with E-state index < -0.39 is 15.9 Å². The molecule has 33 heavy (non-hydrogen) atoms. The van der Waals surface area contributed by atoms with Crippen molar-refractivity contribution in [3.05, 3.63) is 88.4 Å². The minimum Gasteiger partial charge on any atom is -0.455 e. The molecule has 2 N–H and O–H groups in total. The molecule has 1 heterocycles. The molecule has 0 radical (unpaired) electrons. The predicted molar refractivity (Wildman–Crippen MR) is 128 cm³/mol. The quantitative estimate of drug-likeness (QED) is 0.303. The SMILES string of the molecule is O=C(Nc1nnc(S(=O)(=O)Nc2cc(Cl)ccc2Oc2ccccc2)s1)c1ccc(Cl)cc1. The number of para-hydroxylation sites is 1. The van der Waals surface area contributed by atoms with E-state index >= 15 is 0 Å². The average Bonchev–Trinajstić information content (AvgIpc) is 3.26. The molecule has 8 nitrogen and oxygen atoms in total. The second-order valence-corrected chi connectivity index (χ2v) is 10.2. The molecule has 0 aliphatic rings. The Hall–Kier alpha value is -3.18. The molecule has 4 rings (SSSR count). The molecule has 0 fully saturated rings. The topological polar surface area (TPSA) is 110 Å². The van der Waals surface area contributed by atoms with Crippen molar-refractivity contribution in [1.82, 2.24) is 10.2 Å². The fraction of sp³-hybridized carbons (Fsp3) is 0. The van der Waals surface area contributed by atoms with Gasteiger partial charge in [0, 0.05) is 15.6 Å². The Labute approximate surface area is 203 Å². The van der Waals surface area contributed by atoms with Gasteiger partial charge in [0.15, 0.2) is 5.75 Å². The van der Waals surface area contributed by atoms with Crippen molar-refractivity contribution >= 4 is 61.3 Å². The Bertz CT molecular complexity index is 1400. The lowest BCUT2D eigenvalue weighted by Crippen LogP contribution is -2.13. The monoisotopic (exact) mass is 520 g/mol. The standard InChI is InChI=1S/C21H14Cl2N4O4S2/c22-14-8-6-13(7-9-14)19(28)24-20-25-26-21(32-20)33(29,30)27-17-12-15(23)10-11-18(17)31-16-4-2-1-3-5-16/h1-12,27H,(H,24,25,28). The van der Waals surface area contributed by atoms with Crippen molar-refractivity contribution in [2.45, 2.75) is 4.34 Å². The minimum absolute atomic E-state index is 0.0159. The van der Waals surface area contributed by atoms with Gasteiger partial charge < -0.3 is 4.74 Å². The molecule has 3 aromatic carbocycles. The number of benzene rings is 3. The van der Waals surface area contributed by atoms with E-state index in [1.807, 2.05) is 6.07 Å². The molecule has 0 saturated carbocycles. The summed E-state index contributed by atoms with van der Waals surface area (Å²) in [4.78, 5) is 12.3. The van der Waals surface area contributed by atoms with Crippen molar-refractivity contribution in [3.63, 3.8) is 0 Å². The number of nitrogens with one attached hydrogen (secondary N) is 2. The van der Waals surface area contributed by atoms with E-state index in [2.05, 4.69) is 20.2 Å². The van der Waals surface area contributed by atoms with Gasteiger partial charge in [-0.25, -0.2) is 0 Å². The molecular weight excluding hydrogens is 507 g/mol. The maximum Gasteiger partial charge on any atom is 0.291 e. The van der Waals surface area contributed by atoms with Crippen LogP contribution >= 0.6 is 34.5 Å². The lowest BCUT2D eigenvalue weighted by Gasteiger charge is -2.12. The second-order valence-electron chi connectivity index (χ2n) is 6.50. The lowest BCUT2D eigenvalue weighted by molar-refractivity contribution is 0.102. The van der Waals surface area contributed by atoms with Crippen LogP contribution in [0.2, 0.25) is 10.0 Å². The summed E-state index contributed by atoms with van der Waals surface area (Å²) in [6.45, 7) is 0. The zero-order valence-electron chi connectivity index (χ0n) is 16.5. The molecule has 0 atom stereocenters. The highest BCUT2D eigenvalue weighted by Crippen LogP contribution is 2.34. The molecule has 1 amide bonds. The maximum absolute atomic E-state index is 12.9. The third-order valence-corrected chi connectivity index (χ3v) is 7.18. The smallest absolute Gasteiger partial charge is 0.291 e. The van der Waals surface area contributed by atoms with Gasteiger partial charge in [0.2, 0.25) is 5.13 Å². The van der Waals surface area contributed by atoms with Gasteiger partial charge in [0.05, 0.1) is 5.69 Å². The number of carbonyl (C=O) groups is 1. The number of sulfonamides is 1. The van der Waals surface area contributed by atoms with Gasteiger partial charge >= 0.3 is 0 Å². The van der Waals surface area contributed by atoms with Gasteiger partial charge in [-0.2, -0.15) is 8.42 Å². The van der Waals surface area contributed by atoms with E-state index in [1.54, 1.807) is 48.5 Å². The number of carbonyl (C=O) groups excluding carboxylic acids is 1. The van der Waals surface area contributed by atoms with Crippen molar-refractivity contribution < 1.29 is 17.9 Å². The molecule has 0 aliphatic carbocycles. The summed E-state index contributed by atoms with van der Waals surface area (Å²) in [5.41, 5.74) is 0.451. The van der Waals surface area contributed by atoms with Gasteiger partial charge in [0.1, 0.15) is 5.75 Å². The first-order valence-electron chi connectivity index (χ1n) is 9.26. The van der Waals surface area contributed by atoms with E-state index in [0.717, 1.165) is 0 Å².